The fraction of sp³-hybridized carbons (Fsp3) is 0.400. The van der Waals surface area contributed by atoms with Crippen molar-refractivity contribution in [3.8, 4) is 11.5 Å². The lowest BCUT2D eigenvalue weighted by Crippen LogP contribution is -2.10. The van der Waals surface area contributed by atoms with Crippen LogP contribution >= 0.6 is 0 Å². The van der Waals surface area contributed by atoms with Crippen LogP contribution in [0.5, 0.6) is 11.5 Å². The first-order chi connectivity index (χ1) is 6.65. The van der Waals surface area contributed by atoms with Crippen molar-refractivity contribution >= 4 is 0 Å². The van der Waals surface area contributed by atoms with Crippen LogP contribution in [0.2, 0.25) is 0 Å². The summed E-state index contributed by atoms with van der Waals surface area (Å²) in [5, 5.41) is 27.1. The van der Waals surface area contributed by atoms with Crippen molar-refractivity contribution in [2.24, 2.45) is 5.73 Å². The van der Waals surface area contributed by atoms with Crippen molar-refractivity contribution in [1.82, 2.24) is 0 Å². The summed E-state index contributed by atoms with van der Waals surface area (Å²) in [6.45, 7) is 0.0898. The summed E-state index contributed by atoms with van der Waals surface area (Å²) < 4.78 is 0. The molecule has 0 saturated carbocycles. The number of hydrogen-bond acceptors (Lipinski definition) is 4. The number of rotatable bonds is 4. The molecular formula is C10H15NO3. The Morgan fingerprint density at radius 2 is 2.00 bits per heavy atom. The molecule has 0 aliphatic rings. The summed E-state index contributed by atoms with van der Waals surface area (Å²) in [6.07, 6.45) is 1.20. The van der Waals surface area contributed by atoms with Gasteiger partial charge in [0.25, 0.3) is 0 Å². The Balaban J connectivity index is 2.74. The smallest absolute Gasteiger partial charge is 0.124 e. The molecule has 1 rings (SSSR count). The van der Waals surface area contributed by atoms with Crippen LogP contribution in [0.1, 0.15) is 24.4 Å². The van der Waals surface area contributed by atoms with Crippen molar-refractivity contribution in [3.05, 3.63) is 23.8 Å². The Bertz CT molecular complexity index is 301. The van der Waals surface area contributed by atoms with Crippen LogP contribution in [0.25, 0.3) is 0 Å². The van der Waals surface area contributed by atoms with E-state index in [-0.39, 0.29) is 24.1 Å². The summed E-state index contributed by atoms with van der Waals surface area (Å²) in [5.74, 6) is 0.0102. The third kappa shape index (κ3) is 2.61. The standard InChI is InChI=1S/C10H15NO3/c11-9(2-1-5-12)8-4-3-7(13)6-10(8)14/h3-4,6,9,12-14H,1-2,5,11H2/t9-/m0/s1. The third-order valence-corrected chi connectivity index (χ3v) is 2.09. The van der Waals surface area contributed by atoms with Gasteiger partial charge in [-0.25, -0.2) is 0 Å². The first kappa shape index (κ1) is 10.8. The van der Waals surface area contributed by atoms with Gasteiger partial charge in [-0.05, 0) is 18.9 Å². The van der Waals surface area contributed by atoms with Crippen molar-refractivity contribution in [2.45, 2.75) is 18.9 Å². The lowest BCUT2D eigenvalue weighted by molar-refractivity contribution is 0.279. The molecule has 4 heteroatoms. The molecule has 0 fully saturated rings. The largest absolute Gasteiger partial charge is 0.508 e. The van der Waals surface area contributed by atoms with Gasteiger partial charge in [0.15, 0.2) is 0 Å². The SMILES string of the molecule is N[C@@H](CCCO)c1ccc(O)cc1O. The van der Waals surface area contributed by atoms with E-state index in [2.05, 4.69) is 0 Å². The predicted molar refractivity (Wildman–Crippen MR) is 53.0 cm³/mol. The van der Waals surface area contributed by atoms with E-state index in [1.807, 2.05) is 0 Å². The molecule has 0 aliphatic heterocycles. The molecule has 4 nitrogen and oxygen atoms in total. The number of aromatic hydroxyl groups is 2. The van der Waals surface area contributed by atoms with Crippen LogP contribution in [-0.4, -0.2) is 21.9 Å². The molecule has 5 N–H and O–H groups in total. The van der Waals surface area contributed by atoms with Gasteiger partial charge in [0.05, 0.1) is 0 Å². The number of benzene rings is 1. The molecule has 0 aliphatic carbocycles. The van der Waals surface area contributed by atoms with Gasteiger partial charge >= 0.3 is 0 Å². The number of nitrogens with two attached hydrogens (primary N) is 1. The lowest BCUT2D eigenvalue weighted by atomic mass is 10.0. The fourth-order valence-corrected chi connectivity index (χ4v) is 1.31. The number of phenolic OH excluding ortho intramolecular Hbond substituents is 2. The average Bonchev–Trinajstić information content (AvgIpc) is 2.14. The molecule has 0 aromatic heterocycles. The molecule has 78 valence electrons. The highest BCUT2D eigenvalue weighted by atomic mass is 16.3. The van der Waals surface area contributed by atoms with E-state index < -0.39 is 0 Å². The van der Waals surface area contributed by atoms with Gasteiger partial charge in [0, 0.05) is 24.3 Å². The van der Waals surface area contributed by atoms with Crippen LogP contribution in [0.15, 0.2) is 18.2 Å². The van der Waals surface area contributed by atoms with Gasteiger partial charge in [-0.15, -0.1) is 0 Å². The summed E-state index contributed by atoms with van der Waals surface area (Å²) in [7, 11) is 0. The minimum absolute atomic E-state index is 0.00422. The highest BCUT2D eigenvalue weighted by molar-refractivity contribution is 5.40. The second kappa shape index (κ2) is 4.83. The quantitative estimate of drug-likeness (QED) is 0.577. The van der Waals surface area contributed by atoms with Gasteiger partial charge in [-0.1, -0.05) is 6.07 Å². The molecule has 1 atom stereocenters. The molecule has 0 saturated heterocycles. The molecular weight excluding hydrogens is 182 g/mol. The van der Waals surface area contributed by atoms with Gasteiger partial charge in [-0.2, -0.15) is 0 Å². The van der Waals surface area contributed by atoms with Crippen molar-refractivity contribution < 1.29 is 15.3 Å². The first-order valence-corrected chi connectivity index (χ1v) is 4.53. The summed E-state index contributed by atoms with van der Waals surface area (Å²) in [6, 6.07) is 4.03. The minimum atomic E-state index is -0.303. The number of phenols is 2. The average molecular weight is 197 g/mol. The van der Waals surface area contributed by atoms with E-state index in [4.69, 9.17) is 15.9 Å². The molecule has 0 unspecified atom stereocenters. The normalized spacial score (nSPS) is 12.7. The monoisotopic (exact) mass is 197 g/mol. The van der Waals surface area contributed by atoms with E-state index in [0.717, 1.165) is 0 Å². The Hall–Kier alpha value is -1.26. The molecule has 1 aromatic carbocycles. The van der Waals surface area contributed by atoms with E-state index in [1.165, 1.54) is 12.1 Å². The maximum absolute atomic E-state index is 9.46. The molecule has 0 heterocycles. The van der Waals surface area contributed by atoms with Crippen LogP contribution in [0.4, 0.5) is 0 Å². The van der Waals surface area contributed by atoms with Crippen molar-refractivity contribution in [1.29, 1.82) is 0 Å². The summed E-state index contributed by atoms with van der Waals surface area (Å²) in [5.41, 5.74) is 6.37. The van der Waals surface area contributed by atoms with Gasteiger partial charge in [0.1, 0.15) is 11.5 Å². The Morgan fingerprint density at radius 3 is 2.57 bits per heavy atom. The first-order valence-electron chi connectivity index (χ1n) is 4.53. The van der Waals surface area contributed by atoms with Gasteiger partial charge in [-0.3, -0.25) is 0 Å². The maximum atomic E-state index is 9.46. The molecule has 0 radical (unpaired) electrons. The van der Waals surface area contributed by atoms with E-state index >= 15 is 0 Å². The maximum Gasteiger partial charge on any atom is 0.124 e. The highest BCUT2D eigenvalue weighted by Crippen LogP contribution is 2.28. The second-order valence-corrected chi connectivity index (χ2v) is 3.22. The van der Waals surface area contributed by atoms with Gasteiger partial charge in [0.2, 0.25) is 0 Å². The Kier molecular flexibility index (Phi) is 3.73. The number of aliphatic hydroxyl groups is 1. The summed E-state index contributed by atoms with van der Waals surface area (Å²) >= 11 is 0. The number of aliphatic hydroxyl groups excluding tert-OH is 1. The second-order valence-electron chi connectivity index (χ2n) is 3.22. The van der Waals surface area contributed by atoms with Crippen molar-refractivity contribution in [2.75, 3.05) is 6.61 Å². The molecule has 1 aromatic rings. The molecule has 14 heavy (non-hydrogen) atoms. The van der Waals surface area contributed by atoms with Crippen LogP contribution < -0.4 is 5.73 Å². The minimum Gasteiger partial charge on any atom is -0.508 e. The molecule has 0 spiro atoms. The van der Waals surface area contributed by atoms with Crippen LogP contribution in [0, 0.1) is 0 Å². The lowest BCUT2D eigenvalue weighted by Gasteiger charge is -2.12. The van der Waals surface area contributed by atoms with E-state index in [0.29, 0.717) is 18.4 Å². The van der Waals surface area contributed by atoms with Gasteiger partial charge < -0.3 is 21.1 Å². The van der Waals surface area contributed by atoms with Crippen molar-refractivity contribution in [3.63, 3.8) is 0 Å². The zero-order chi connectivity index (χ0) is 10.6. The summed E-state index contributed by atoms with van der Waals surface area (Å²) in [4.78, 5) is 0. The van der Waals surface area contributed by atoms with Crippen LogP contribution in [-0.2, 0) is 0 Å². The topological polar surface area (TPSA) is 86.7 Å². The Labute approximate surface area is 82.6 Å². The fourth-order valence-electron chi connectivity index (χ4n) is 1.31. The highest BCUT2D eigenvalue weighted by Gasteiger charge is 2.10. The van der Waals surface area contributed by atoms with E-state index in [9.17, 15) is 5.11 Å². The zero-order valence-electron chi connectivity index (χ0n) is 7.85. The predicted octanol–water partition coefficient (Wildman–Crippen LogP) is 0.870. The zero-order valence-corrected chi connectivity index (χ0v) is 7.85. The van der Waals surface area contributed by atoms with E-state index in [1.54, 1.807) is 6.07 Å². The molecule has 0 bridgehead atoms. The third-order valence-electron chi connectivity index (χ3n) is 2.09. The van der Waals surface area contributed by atoms with Crippen LogP contribution in [0.3, 0.4) is 0 Å². The molecule has 0 amide bonds. The number of hydrogen-bond donors (Lipinski definition) is 4. The Morgan fingerprint density at radius 1 is 1.29 bits per heavy atom.